The average Bonchev–Trinajstić information content (AvgIpc) is 2.80. The lowest BCUT2D eigenvalue weighted by Gasteiger charge is -2.31. The van der Waals surface area contributed by atoms with E-state index in [9.17, 15) is 4.79 Å². The zero-order chi connectivity index (χ0) is 15.5. The van der Waals surface area contributed by atoms with Gasteiger partial charge in [-0.05, 0) is 38.8 Å². The van der Waals surface area contributed by atoms with Crippen LogP contribution in [-0.4, -0.2) is 34.4 Å². The molecule has 4 nitrogen and oxygen atoms in total. The number of hydrogen-bond acceptors (Lipinski definition) is 4. The molecular formula is C17H22N2O2S. The summed E-state index contributed by atoms with van der Waals surface area (Å²) in [6.45, 7) is 4.67. The number of amides is 1. The summed E-state index contributed by atoms with van der Waals surface area (Å²) < 4.78 is 5.63. The molecule has 22 heavy (non-hydrogen) atoms. The number of para-hydroxylation sites is 2. The Hall–Kier alpha value is -1.49. The van der Waals surface area contributed by atoms with Crippen molar-refractivity contribution in [3.63, 3.8) is 0 Å². The topological polar surface area (TPSA) is 41.9 Å². The molecule has 2 fully saturated rings. The van der Waals surface area contributed by atoms with Crippen LogP contribution in [0.5, 0.6) is 5.75 Å². The lowest BCUT2D eigenvalue weighted by Crippen LogP contribution is -2.43. The van der Waals surface area contributed by atoms with Gasteiger partial charge in [-0.25, -0.2) is 4.99 Å². The zero-order valence-corrected chi connectivity index (χ0v) is 13.9. The van der Waals surface area contributed by atoms with E-state index < -0.39 is 0 Å². The van der Waals surface area contributed by atoms with E-state index in [1.54, 1.807) is 11.8 Å². The molecule has 0 N–H and O–H groups in total. The molecule has 0 aromatic heterocycles. The Bertz CT molecular complexity index is 584. The average molecular weight is 318 g/mol. The minimum Gasteiger partial charge on any atom is -0.492 e. The number of carbonyl (C=O) groups excluding carboxylic acids is 1. The van der Waals surface area contributed by atoms with Crippen LogP contribution < -0.4 is 4.74 Å². The maximum Gasteiger partial charge on any atom is 0.231 e. The molecule has 1 atom stereocenters. The fourth-order valence-corrected chi connectivity index (χ4v) is 3.82. The van der Waals surface area contributed by atoms with Gasteiger partial charge in [-0.1, -0.05) is 30.3 Å². The van der Waals surface area contributed by atoms with Crippen molar-refractivity contribution in [1.82, 2.24) is 4.90 Å². The number of hydrogen-bond donors (Lipinski definition) is 0. The largest absolute Gasteiger partial charge is 0.492 e. The SMILES string of the molecule is CCOc1ccccc1N=C1SC[C@H](C)N1C(=O)C1CCC1. The molecule has 0 spiro atoms. The maximum absolute atomic E-state index is 12.6. The third-order valence-electron chi connectivity index (χ3n) is 4.17. The molecule has 118 valence electrons. The van der Waals surface area contributed by atoms with Gasteiger partial charge in [-0.3, -0.25) is 9.69 Å². The van der Waals surface area contributed by atoms with Crippen LogP contribution in [-0.2, 0) is 4.79 Å². The van der Waals surface area contributed by atoms with E-state index in [0.29, 0.717) is 6.61 Å². The Balaban J connectivity index is 1.87. The summed E-state index contributed by atoms with van der Waals surface area (Å²) in [7, 11) is 0. The quantitative estimate of drug-likeness (QED) is 0.847. The van der Waals surface area contributed by atoms with E-state index in [0.717, 1.165) is 35.2 Å². The van der Waals surface area contributed by atoms with E-state index >= 15 is 0 Å². The Morgan fingerprint density at radius 3 is 2.86 bits per heavy atom. The first kappa shape index (κ1) is 15.4. The molecule has 1 heterocycles. The van der Waals surface area contributed by atoms with E-state index in [4.69, 9.17) is 9.73 Å². The highest BCUT2D eigenvalue weighted by atomic mass is 32.2. The minimum absolute atomic E-state index is 0.202. The van der Waals surface area contributed by atoms with E-state index in [1.165, 1.54) is 6.42 Å². The standard InChI is InChI=1S/C17H22N2O2S/c1-3-21-15-10-5-4-9-14(15)18-17-19(12(2)11-22-17)16(20)13-7-6-8-13/h4-5,9-10,12-13H,3,6-8,11H2,1-2H3/t12-/m0/s1. The normalized spacial score (nSPS) is 23.6. The fourth-order valence-electron chi connectivity index (χ4n) is 2.71. The number of benzene rings is 1. The van der Waals surface area contributed by atoms with E-state index in [2.05, 4.69) is 6.92 Å². The highest BCUT2D eigenvalue weighted by molar-refractivity contribution is 8.14. The lowest BCUT2D eigenvalue weighted by molar-refractivity contribution is -0.134. The predicted octanol–water partition coefficient (Wildman–Crippen LogP) is 3.84. The second-order valence-electron chi connectivity index (χ2n) is 5.79. The number of carbonyl (C=O) groups is 1. The van der Waals surface area contributed by atoms with Gasteiger partial charge in [0.15, 0.2) is 5.17 Å². The molecular weight excluding hydrogens is 296 g/mol. The predicted molar refractivity (Wildman–Crippen MR) is 90.8 cm³/mol. The van der Waals surface area contributed by atoms with Gasteiger partial charge in [0, 0.05) is 17.7 Å². The molecule has 2 aliphatic rings. The maximum atomic E-state index is 12.6. The smallest absolute Gasteiger partial charge is 0.231 e. The summed E-state index contributed by atoms with van der Waals surface area (Å²) in [5.74, 6) is 2.13. The molecule has 1 aromatic carbocycles. The van der Waals surface area contributed by atoms with Crippen molar-refractivity contribution in [2.75, 3.05) is 12.4 Å². The summed E-state index contributed by atoms with van der Waals surface area (Å²) in [5.41, 5.74) is 0.798. The monoisotopic (exact) mass is 318 g/mol. The minimum atomic E-state index is 0.202. The molecule has 1 aromatic rings. The van der Waals surface area contributed by atoms with Crippen LogP contribution in [0.2, 0.25) is 0 Å². The van der Waals surface area contributed by atoms with Crippen LogP contribution in [0.3, 0.4) is 0 Å². The molecule has 0 bridgehead atoms. The first-order valence-corrected chi connectivity index (χ1v) is 8.95. The van der Waals surface area contributed by atoms with Crippen molar-refractivity contribution in [1.29, 1.82) is 0 Å². The number of nitrogens with zero attached hydrogens (tertiary/aromatic N) is 2. The van der Waals surface area contributed by atoms with Gasteiger partial charge in [-0.15, -0.1) is 0 Å². The van der Waals surface area contributed by atoms with Crippen molar-refractivity contribution in [3.05, 3.63) is 24.3 Å². The van der Waals surface area contributed by atoms with Crippen LogP contribution in [0.25, 0.3) is 0 Å². The Kier molecular flexibility index (Phi) is 4.71. The highest BCUT2D eigenvalue weighted by Gasteiger charge is 2.38. The van der Waals surface area contributed by atoms with Crippen LogP contribution in [0, 0.1) is 5.92 Å². The van der Waals surface area contributed by atoms with Crippen molar-refractivity contribution in [3.8, 4) is 5.75 Å². The third-order valence-corrected chi connectivity index (χ3v) is 5.37. The van der Waals surface area contributed by atoms with Gasteiger partial charge in [0.05, 0.1) is 6.61 Å². The molecule has 0 radical (unpaired) electrons. The zero-order valence-electron chi connectivity index (χ0n) is 13.1. The van der Waals surface area contributed by atoms with Crippen LogP contribution in [0.4, 0.5) is 5.69 Å². The molecule has 3 rings (SSSR count). The number of amidine groups is 1. The molecule has 1 aliphatic carbocycles. The summed E-state index contributed by atoms with van der Waals surface area (Å²) in [5, 5.41) is 0.816. The van der Waals surface area contributed by atoms with Crippen molar-refractivity contribution < 1.29 is 9.53 Å². The van der Waals surface area contributed by atoms with Crippen LogP contribution in [0.15, 0.2) is 29.3 Å². The summed E-state index contributed by atoms with van der Waals surface area (Å²) in [6.07, 6.45) is 3.22. The number of ether oxygens (including phenoxy) is 1. The van der Waals surface area contributed by atoms with Crippen molar-refractivity contribution in [2.45, 2.75) is 39.2 Å². The highest BCUT2D eigenvalue weighted by Crippen LogP contribution is 2.35. The lowest BCUT2D eigenvalue weighted by atomic mass is 9.84. The number of aliphatic imine (C=N–C) groups is 1. The molecule has 1 aliphatic heterocycles. The van der Waals surface area contributed by atoms with Gasteiger partial charge in [0.1, 0.15) is 11.4 Å². The second kappa shape index (κ2) is 6.73. The number of thioether (sulfide) groups is 1. The van der Waals surface area contributed by atoms with Crippen LogP contribution >= 0.6 is 11.8 Å². The van der Waals surface area contributed by atoms with Gasteiger partial charge in [0.25, 0.3) is 0 Å². The van der Waals surface area contributed by atoms with Crippen LogP contribution in [0.1, 0.15) is 33.1 Å². The summed E-state index contributed by atoms with van der Waals surface area (Å²) in [6, 6.07) is 7.97. The van der Waals surface area contributed by atoms with Gasteiger partial charge in [0.2, 0.25) is 5.91 Å². The van der Waals surface area contributed by atoms with Crippen molar-refractivity contribution in [2.24, 2.45) is 10.9 Å². The molecule has 1 saturated carbocycles. The Morgan fingerprint density at radius 1 is 1.41 bits per heavy atom. The first-order chi connectivity index (χ1) is 10.7. The van der Waals surface area contributed by atoms with Gasteiger partial charge >= 0.3 is 0 Å². The first-order valence-electron chi connectivity index (χ1n) is 7.97. The second-order valence-corrected chi connectivity index (χ2v) is 6.78. The van der Waals surface area contributed by atoms with Gasteiger partial charge in [-0.2, -0.15) is 0 Å². The Morgan fingerprint density at radius 2 is 2.18 bits per heavy atom. The Labute approximate surface area is 135 Å². The molecule has 5 heteroatoms. The molecule has 1 amide bonds. The summed E-state index contributed by atoms with van der Waals surface area (Å²) >= 11 is 1.66. The van der Waals surface area contributed by atoms with E-state index in [-0.39, 0.29) is 17.9 Å². The van der Waals surface area contributed by atoms with Crippen molar-refractivity contribution >= 4 is 28.5 Å². The fraction of sp³-hybridized carbons (Fsp3) is 0.529. The molecule has 0 unspecified atom stereocenters. The van der Waals surface area contributed by atoms with E-state index in [1.807, 2.05) is 36.1 Å². The summed E-state index contributed by atoms with van der Waals surface area (Å²) in [4.78, 5) is 19.3. The van der Waals surface area contributed by atoms with Gasteiger partial charge < -0.3 is 4.74 Å². The number of rotatable bonds is 4. The molecule has 1 saturated heterocycles. The third kappa shape index (κ3) is 3.00.